The Morgan fingerprint density at radius 2 is 1.65 bits per heavy atom. The van der Waals surface area contributed by atoms with Crippen LogP contribution in [0.25, 0.3) is 0 Å². The van der Waals surface area contributed by atoms with Crippen LogP contribution in [-0.2, 0) is 38.0 Å². The molecule has 8 atom stereocenters. The number of esters is 2. The van der Waals surface area contributed by atoms with Gasteiger partial charge in [0, 0.05) is 24.9 Å². The number of nitrogens with one attached hydrogen (secondary N) is 1. The Balaban J connectivity index is 1.88. The normalized spacial score (nSPS) is 34.5. The van der Waals surface area contributed by atoms with Crippen molar-refractivity contribution in [3.63, 3.8) is 0 Å². The second kappa shape index (κ2) is 13.2. The molecule has 242 valence electrons. The molecule has 0 aromatic carbocycles. The third-order valence-electron chi connectivity index (χ3n) is 9.90. The van der Waals surface area contributed by atoms with Gasteiger partial charge in [0.05, 0.1) is 6.10 Å². The molecule has 3 saturated carbocycles. The van der Waals surface area contributed by atoms with E-state index in [4.69, 9.17) is 28.4 Å². The second-order valence-corrected chi connectivity index (χ2v) is 12.5. The Kier molecular flexibility index (Phi) is 10.6. The van der Waals surface area contributed by atoms with Crippen LogP contribution in [0, 0.1) is 22.7 Å². The van der Waals surface area contributed by atoms with E-state index in [0.717, 1.165) is 12.8 Å². The van der Waals surface area contributed by atoms with Gasteiger partial charge < -0.3 is 28.4 Å². The highest BCUT2D eigenvalue weighted by Gasteiger charge is 2.76. The standard InChI is InChI=1S/C31H46FNO10/c1-9-14-38-23-17-19(4)30(32,24(34)39-15-10-2)31(23,33-26(36)40-16-11-3)25(35)41-20(5)42-27(37)43-22-18-21-12-13-29(22,8)28(21,6)7/h10-11,19-23H,2-3,9,12-18H2,1,4-8H3,(H,33,36)/t19-,20?,21?,22+,23+,29+,30-,31+/m0/s1. The molecule has 3 aliphatic rings. The molecule has 0 aromatic rings. The fourth-order valence-corrected chi connectivity index (χ4v) is 7.03. The predicted octanol–water partition coefficient (Wildman–Crippen LogP) is 5.17. The first-order valence-corrected chi connectivity index (χ1v) is 14.9. The van der Waals surface area contributed by atoms with Gasteiger partial charge in [0.2, 0.25) is 17.5 Å². The number of alkyl halides is 1. The van der Waals surface area contributed by atoms with Gasteiger partial charge in [-0.1, -0.05) is 59.9 Å². The van der Waals surface area contributed by atoms with Crippen molar-refractivity contribution in [1.29, 1.82) is 0 Å². The van der Waals surface area contributed by atoms with E-state index in [-0.39, 0.29) is 43.2 Å². The largest absolute Gasteiger partial charge is 0.511 e. The maximum absolute atomic E-state index is 17.2. The number of hydrogen-bond acceptors (Lipinski definition) is 10. The zero-order valence-electron chi connectivity index (χ0n) is 26.1. The average molecular weight is 612 g/mol. The van der Waals surface area contributed by atoms with Crippen LogP contribution in [0.2, 0.25) is 0 Å². The molecular weight excluding hydrogens is 565 g/mol. The van der Waals surface area contributed by atoms with Gasteiger partial charge in [0.25, 0.3) is 0 Å². The fourth-order valence-electron chi connectivity index (χ4n) is 7.03. The van der Waals surface area contributed by atoms with E-state index in [0.29, 0.717) is 18.8 Å². The van der Waals surface area contributed by atoms with Crippen molar-refractivity contribution in [3.05, 3.63) is 25.3 Å². The Morgan fingerprint density at radius 1 is 1.00 bits per heavy atom. The second-order valence-electron chi connectivity index (χ2n) is 12.5. The maximum atomic E-state index is 17.2. The van der Waals surface area contributed by atoms with Crippen molar-refractivity contribution in [3.8, 4) is 0 Å². The Labute approximate surface area is 252 Å². The van der Waals surface area contributed by atoms with Crippen LogP contribution in [0.1, 0.15) is 73.6 Å². The van der Waals surface area contributed by atoms with Gasteiger partial charge in [-0.3, -0.25) is 5.32 Å². The lowest BCUT2D eigenvalue weighted by Crippen LogP contribution is -2.73. The molecule has 3 fully saturated rings. The van der Waals surface area contributed by atoms with Crippen molar-refractivity contribution >= 4 is 24.2 Å². The third kappa shape index (κ3) is 5.99. The molecule has 1 amide bonds. The van der Waals surface area contributed by atoms with Crippen molar-refractivity contribution in [2.45, 2.75) is 103 Å². The summed E-state index contributed by atoms with van der Waals surface area (Å²) >= 11 is 0. The van der Waals surface area contributed by atoms with E-state index in [2.05, 4.69) is 39.2 Å². The highest BCUT2D eigenvalue weighted by molar-refractivity contribution is 5.98. The molecule has 1 N–H and O–H groups in total. The molecule has 0 aliphatic heterocycles. The number of carbonyl (C=O) groups excluding carboxylic acids is 4. The van der Waals surface area contributed by atoms with Crippen LogP contribution < -0.4 is 5.32 Å². The minimum Gasteiger partial charge on any atom is -0.459 e. The monoisotopic (exact) mass is 611 g/mol. The van der Waals surface area contributed by atoms with Gasteiger partial charge in [0.15, 0.2) is 0 Å². The third-order valence-corrected chi connectivity index (χ3v) is 9.90. The topological polar surface area (TPSA) is 136 Å². The SMILES string of the molecule is C=CCOC(=O)N[C@@]1(C(=O)OC(C)OC(=O)O[C@@H]2CC3CC[C@@]2(C)C3(C)C)[C@H](OCCC)C[C@H](C)[C@]1(F)C(=O)OCC=C. The Bertz CT molecular complexity index is 1100. The fraction of sp³-hybridized carbons (Fsp3) is 0.742. The number of ether oxygens (including phenoxy) is 6. The zero-order chi connectivity index (χ0) is 32.2. The summed E-state index contributed by atoms with van der Waals surface area (Å²) < 4.78 is 49.5. The van der Waals surface area contributed by atoms with E-state index in [1.807, 2.05) is 0 Å². The summed E-state index contributed by atoms with van der Waals surface area (Å²) in [6, 6.07) is 0. The van der Waals surface area contributed by atoms with Gasteiger partial charge in [-0.25, -0.2) is 23.6 Å². The lowest BCUT2D eigenvalue weighted by atomic mass is 9.70. The number of rotatable bonds is 13. The summed E-state index contributed by atoms with van der Waals surface area (Å²) in [6.07, 6.45) is -0.149. The van der Waals surface area contributed by atoms with Crippen LogP contribution in [0.3, 0.4) is 0 Å². The van der Waals surface area contributed by atoms with Crippen LogP contribution in [0.4, 0.5) is 14.0 Å². The first kappa shape index (κ1) is 34.3. The highest BCUT2D eigenvalue weighted by Crippen LogP contribution is 2.66. The summed E-state index contributed by atoms with van der Waals surface area (Å²) in [4.78, 5) is 52.9. The van der Waals surface area contributed by atoms with E-state index in [1.54, 1.807) is 6.92 Å². The van der Waals surface area contributed by atoms with Crippen LogP contribution in [-0.4, -0.2) is 73.7 Å². The van der Waals surface area contributed by atoms with Crippen LogP contribution in [0.15, 0.2) is 25.3 Å². The first-order chi connectivity index (χ1) is 20.1. The number of halogens is 1. The molecule has 0 radical (unpaired) electrons. The molecule has 0 heterocycles. The molecular formula is C31H46FNO10. The summed E-state index contributed by atoms with van der Waals surface area (Å²) in [5.74, 6) is -3.62. The predicted molar refractivity (Wildman–Crippen MR) is 152 cm³/mol. The minimum atomic E-state index is -3.16. The lowest BCUT2D eigenvalue weighted by molar-refractivity contribution is -0.197. The van der Waals surface area contributed by atoms with Crippen molar-refractivity contribution < 1.29 is 52.0 Å². The van der Waals surface area contributed by atoms with Crippen LogP contribution in [0.5, 0.6) is 0 Å². The molecule has 3 aliphatic carbocycles. The zero-order valence-corrected chi connectivity index (χ0v) is 26.1. The van der Waals surface area contributed by atoms with E-state index in [1.165, 1.54) is 26.0 Å². The van der Waals surface area contributed by atoms with Gasteiger partial charge in [0.1, 0.15) is 19.3 Å². The summed E-state index contributed by atoms with van der Waals surface area (Å²) in [7, 11) is 0. The summed E-state index contributed by atoms with van der Waals surface area (Å²) in [5.41, 5.74) is -6.19. The summed E-state index contributed by atoms with van der Waals surface area (Å²) in [5, 5.41) is 2.23. The maximum Gasteiger partial charge on any atom is 0.511 e. The molecule has 3 rings (SSSR count). The van der Waals surface area contributed by atoms with Crippen molar-refractivity contribution in [1.82, 2.24) is 5.32 Å². The van der Waals surface area contributed by atoms with Gasteiger partial charge in [-0.05, 0) is 43.4 Å². The molecule has 43 heavy (non-hydrogen) atoms. The van der Waals surface area contributed by atoms with Gasteiger partial charge in [-0.15, -0.1) is 0 Å². The highest BCUT2D eigenvalue weighted by atomic mass is 19.1. The number of amides is 1. The number of hydrogen-bond donors (Lipinski definition) is 1. The Morgan fingerprint density at radius 3 is 2.21 bits per heavy atom. The molecule has 2 unspecified atom stereocenters. The molecule has 0 saturated heterocycles. The van der Waals surface area contributed by atoms with E-state index in [9.17, 15) is 19.2 Å². The van der Waals surface area contributed by atoms with Crippen LogP contribution >= 0.6 is 0 Å². The molecule has 0 aromatic heterocycles. The lowest BCUT2D eigenvalue weighted by Gasteiger charge is -2.41. The van der Waals surface area contributed by atoms with Gasteiger partial charge in [-0.2, -0.15) is 0 Å². The summed E-state index contributed by atoms with van der Waals surface area (Å²) in [6.45, 7) is 17.2. The van der Waals surface area contributed by atoms with E-state index < -0.39 is 53.7 Å². The molecule has 12 heteroatoms. The molecule has 11 nitrogen and oxygen atoms in total. The minimum absolute atomic E-state index is 0.0222. The smallest absolute Gasteiger partial charge is 0.459 e. The first-order valence-electron chi connectivity index (χ1n) is 14.9. The quantitative estimate of drug-likeness (QED) is 0.129. The Hall–Kier alpha value is -3.15. The molecule has 2 bridgehead atoms. The van der Waals surface area contributed by atoms with Crippen molar-refractivity contribution in [2.75, 3.05) is 19.8 Å². The number of carbonyl (C=O) groups is 4. The average Bonchev–Trinajstić information content (AvgIpc) is 3.38. The van der Waals surface area contributed by atoms with Gasteiger partial charge >= 0.3 is 24.2 Å². The van der Waals surface area contributed by atoms with Crippen molar-refractivity contribution in [2.24, 2.45) is 22.7 Å². The molecule has 0 spiro atoms. The van der Waals surface area contributed by atoms with E-state index >= 15 is 4.39 Å². The number of alkyl carbamates (subject to hydrolysis) is 1. The number of fused-ring (bicyclic) bond motifs is 2.